The van der Waals surface area contributed by atoms with Gasteiger partial charge < -0.3 is 20.7 Å². The average Bonchev–Trinajstić information content (AvgIpc) is 3.36. The number of carbonyl (C=O) groups excluding carboxylic acids is 1. The molecule has 3 N–H and O–H groups in total. The summed E-state index contributed by atoms with van der Waals surface area (Å²) in [5.74, 6) is 1.50. The Balaban J connectivity index is 1.39. The van der Waals surface area contributed by atoms with E-state index in [2.05, 4.69) is 39.3 Å². The molecule has 0 aliphatic heterocycles. The summed E-state index contributed by atoms with van der Waals surface area (Å²) in [6.07, 6.45) is 3.05. The van der Waals surface area contributed by atoms with Gasteiger partial charge in [-0.1, -0.05) is 18.2 Å². The Morgan fingerprint density at radius 2 is 2.04 bits per heavy atom. The number of nitrogens with zero attached hydrogens (tertiary/aromatic N) is 1. The predicted molar refractivity (Wildman–Crippen MR) is 114 cm³/mol. The number of ether oxygens (including phenoxy) is 1. The summed E-state index contributed by atoms with van der Waals surface area (Å²) in [5.41, 5.74) is 1.20. The lowest BCUT2D eigenvalue weighted by atomic mass is 10.1. The smallest absolute Gasteiger partial charge is 0.258 e. The summed E-state index contributed by atoms with van der Waals surface area (Å²) >= 11 is 1.72. The standard InChI is InChI=1S/C21H28N4O2S/c1-2-22-21(24-14-19-4-3-13-28-19)23-12-11-16-5-9-18(10-6-16)27-15-20(26)25-17-7-8-17/h3-6,9-10,13,17H,2,7-8,11-12,14-15H2,1H3,(H,25,26)(H2,22,23,24). The van der Waals surface area contributed by atoms with Crippen LogP contribution in [0, 0.1) is 0 Å². The van der Waals surface area contributed by atoms with Gasteiger partial charge in [0, 0.05) is 24.0 Å². The molecule has 0 spiro atoms. The Morgan fingerprint density at radius 3 is 2.71 bits per heavy atom. The monoisotopic (exact) mass is 400 g/mol. The highest BCUT2D eigenvalue weighted by atomic mass is 32.1. The number of hydrogen-bond acceptors (Lipinski definition) is 4. The largest absolute Gasteiger partial charge is 0.484 e. The predicted octanol–water partition coefficient (Wildman–Crippen LogP) is 2.70. The molecule has 3 rings (SSSR count). The molecule has 28 heavy (non-hydrogen) atoms. The lowest BCUT2D eigenvalue weighted by molar-refractivity contribution is -0.123. The molecule has 1 aromatic heterocycles. The number of hydrogen-bond donors (Lipinski definition) is 3. The molecule has 6 nitrogen and oxygen atoms in total. The van der Waals surface area contributed by atoms with Crippen molar-refractivity contribution in [3.63, 3.8) is 0 Å². The van der Waals surface area contributed by atoms with E-state index in [1.54, 1.807) is 11.3 Å². The molecular formula is C21H28N4O2S. The maximum Gasteiger partial charge on any atom is 0.258 e. The van der Waals surface area contributed by atoms with Crippen LogP contribution in [0.5, 0.6) is 5.75 Å². The molecular weight excluding hydrogens is 372 g/mol. The molecule has 1 aromatic carbocycles. The minimum absolute atomic E-state index is 0.0476. The van der Waals surface area contributed by atoms with Crippen LogP contribution in [0.15, 0.2) is 46.8 Å². The Bertz CT molecular complexity index is 755. The maximum atomic E-state index is 11.7. The van der Waals surface area contributed by atoms with Gasteiger partial charge in [0.25, 0.3) is 5.91 Å². The Labute approximate surface area is 170 Å². The van der Waals surface area contributed by atoms with Crippen molar-refractivity contribution in [3.8, 4) is 5.75 Å². The van der Waals surface area contributed by atoms with Gasteiger partial charge in [0.05, 0.1) is 6.54 Å². The summed E-state index contributed by atoms with van der Waals surface area (Å²) in [6, 6.07) is 12.4. The number of benzene rings is 1. The molecule has 2 aromatic rings. The highest BCUT2D eigenvalue weighted by Crippen LogP contribution is 2.18. The molecule has 1 amide bonds. The van der Waals surface area contributed by atoms with Crippen LogP contribution in [0.3, 0.4) is 0 Å². The minimum Gasteiger partial charge on any atom is -0.484 e. The van der Waals surface area contributed by atoms with Crippen LogP contribution in [0.1, 0.15) is 30.2 Å². The van der Waals surface area contributed by atoms with Crippen molar-refractivity contribution in [2.24, 2.45) is 4.99 Å². The molecule has 0 radical (unpaired) electrons. The zero-order chi connectivity index (χ0) is 19.6. The van der Waals surface area contributed by atoms with Gasteiger partial charge in [-0.15, -0.1) is 11.3 Å². The summed E-state index contributed by atoms with van der Waals surface area (Å²) in [7, 11) is 0. The van der Waals surface area contributed by atoms with Crippen LogP contribution in [-0.4, -0.2) is 37.6 Å². The second-order valence-corrected chi connectivity index (χ2v) is 7.76. The third-order valence-electron chi connectivity index (χ3n) is 4.26. The van der Waals surface area contributed by atoms with Crippen LogP contribution in [0.2, 0.25) is 0 Å². The van der Waals surface area contributed by atoms with Gasteiger partial charge in [-0.25, -0.2) is 4.99 Å². The van der Waals surface area contributed by atoms with Crippen LogP contribution in [-0.2, 0) is 17.8 Å². The van der Waals surface area contributed by atoms with Crippen molar-refractivity contribution in [1.82, 2.24) is 16.0 Å². The van der Waals surface area contributed by atoms with Crippen molar-refractivity contribution in [1.29, 1.82) is 0 Å². The SMILES string of the molecule is CCNC(=NCc1cccs1)NCCc1ccc(OCC(=O)NC2CC2)cc1. The lowest BCUT2D eigenvalue weighted by Crippen LogP contribution is -2.38. The fourth-order valence-corrected chi connectivity index (χ4v) is 3.25. The molecule has 1 saturated carbocycles. The van der Waals surface area contributed by atoms with E-state index in [9.17, 15) is 4.79 Å². The van der Waals surface area contributed by atoms with E-state index in [0.717, 1.165) is 38.3 Å². The third kappa shape index (κ3) is 7.23. The first-order chi connectivity index (χ1) is 13.7. The second-order valence-electron chi connectivity index (χ2n) is 6.73. The number of rotatable bonds is 10. The summed E-state index contributed by atoms with van der Waals surface area (Å²) < 4.78 is 5.54. The van der Waals surface area contributed by atoms with Crippen molar-refractivity contribution in [3.05, 3.63) is 52.2 Å². The van der Waals surface area contributed by atoms with Gasteiger partial charge in [0.15, 0.2) is 12.6 Å². The normalized spacial score (nSPS) is 13.8. The quantitative estimate of drug-likeness (QED) is 0.423. The average molecular weight is 401 g/mol. The number of carbonyl (C=O) groups is 1. The fraction of sp³-hybridized carbons (Fsp3) is 0.429. The fourth-order valence-electron chi connectivity index (χ4n) is 2.62. The van der Waals surface area contributed by atoms with Gasteiger partial charge in [-0.2, -0.15) is 0 Å². The highest BCUT2D eigenvalue weighted by Gasteiger charge is 2.23. The number of aliphatic imine (C=N–C) groups is 1. The van der Waals surface area contributed by atoms with Gasteiger partial charge in [0.2, 0.25) is 0 Å². The second kappa shape index (κ2) is 10.7. The first-order valence-electron chi connectivity index (χ1n) is 9.78. The van der Waals surface area contributed by atoms with Crippen LogP contribution in [0.4, 0.5) is 0 Å². The zero-order valence-corrected chi connectivity index (χ0v) is 17.1. The summed E-state index contributed by atoms with van der Waals surface area (Å²) in [6.45, 7) is 4.44. The molecule has 0 saturated heterocycles. The van der Waals surface area contributed by atoms with Crippen molar-refractivity contribution >= 4 is 23.2 Å². The van der Waals surface area contributed by atoms with Crippen LogP contribution >= 0.6 is 11.3 Å². The van der Waals surface area contributed by atoms with Crippen LogP contribution < -0.4 is 20.7 Å². The van der Waals surface area contributed by atoms with E-state index < -0.39 is 0 Å². The van der Waals surface area contributed by atoms with E-state index in [0.29, 0.717) is 18.3 Å². The Morgan fingerprint density at radius 1 is 1.21 bits per heavy atom. The van der Waals surface area contributed by atoms with E-state index in [-0.39, 0.29) is 12.5 Å². The van der Waals surface area contributed by atoms with E-state index in [1.165, 1.54) is 10.4 Å². The lowest BCUT2D eigenvalue weighted by Gasteiger charge is -2.11. The molecule has 0 unspecified atom stereocenters. The summed E-state index contributed by atoms with van der Waals surface area (Å²) in [5, 5.41) is 11.6. The molecule has 1 aliphatic carbocycles. The topological polar surface area (TPSA) is 74.8 Å². The molecule has 7 heteroatoms. The highest BCUT2D eigenvalue weighted by molar-refractivity contribution is 7.09. The molecule has 1 fully saturated rings. The first-order valence-corrected chi connectivity index (χ1v) is 10.7. The maximum absolute atomic E-state index is 11.7. The molecule has 1 heterocycles. The number of thiophene rings is 1. The Kier molecular flexibility index (Phi) is 7.72. The zero-order valence-electron chi connectivity index (χ0n) is 16.2. The van der Waals surface area contributed by atoms with Crippen molar-refractivity contribution < 1.29 is 9.53 Å². The van der Waals surface area contributed by atoms with Gasteiger partial charge in [-0.05, 0) is 55.3 Å². The van der Waals surface area contributed by atoms with E-state index in [1.807, 2.05) is 30.3 Å². The van der Waals surface area contributed by atoms with Gasteiger partial charge in [-0.3, -0.25) is 4.79 Å². The number of amides is 1. The van der Waals surface area contributed by atoms with Gasteiger partial charge >= 0.3 is 0 Å². The molecule has 150 valence electrons. The van der Waals surface area contributed by atoms with Crippen LogP contribution in [0.25, 0.3) is 0 Å². The van der Waals surface area contributed by atoms with Crippen molar-refractivity contribution in [2.75, 3.05) is 19.7 Å². The summed E-state index contributed by atoms with van der Waals surface area (Å²) in [4.78, 5) is 17.5. The minimum atomic E-state index is -0.0476. The van der Waals surface area contributed by atoms with E-state index in [4.69, 9.17) is 4.74 Å². The Hall–Kier alpha value is -2.54. The van der Waals surface area contributed by atoms with E-state index >= 15 is 0 Å². The molecule has 1 aliphatic rings. The molecule has 0 atom stereocenters. The number of guanidine groups is 1. The third-order valence-corrected chi connectivity index (χ3v) is 5.12. The van der Waals surface area contributed by atoms with Gasteiger partial charge in [0.1, 0.15) is 5.75 Å². The number of nitrogens with one attached hydrogen (secondary N) is 3. The first kappa shape index (κ1) is 20.2. The van der Waals surface area contributed by atoms with Crippen molar-refractivity contribution in [2.45, 2.75) is 38.8 Å². The molecule has 0 bridgehead atoms.